The Morgan fingerprint density at radius 2 is 2.19 bits per heavy atom. The van der Waals surface area contributed by atoms with E-state index in [-0.39, 0.29) is 0 Å². The number of methoxy groups -OCH3 is 1. The quantitative estimate of drug-likeness (QED) is 0.850. The molecule has 0 aliphatic heterocycles. The molecule has 0 aliphatic carbocycles. The van der Waals surface area contributed by atoms with E-state index in [0.29, 0.717) is 13.2 Å². The number of anilines is 1. The molecular formula is C10H15Br2N3O. The Kier molecular flexibility index (Phi) is 6.26. The van der Waals surface area contributed by atoms with Crippen LogP contribution in [0.2, 0.25) is 0 Å². The van der Waals surface area contributed by atoms with Crippen LogP contribution in [-0.4, -0.2) is 38.3 Å². The molecule has 0 unspecified atom stereocenters. The fraction of sp³-hybridized carbons (Fsp3) is 0.500. The van der Waals surface area contributed by atoms with Crippen molar-refractivity contribution in [1.82, 2.24) is 4.98 Å². The zero-order valence-electron chi connectivity index (χ0n) is 9.12. The van der Waals surface area contributed by atoms with Crippen molar-refractivity contribution >= 4 is 37.7 Å². The summed E-state index contributed by atoms with van der Waals surface area (Å²) in [7, 11) is 1.69. The third kappa shape index (κ3) is 4.01. The molecule has 90 valence electrons. The van der Waals surface area contributed by atoms with Crippen molar-refractivity contribution in [2.45, 2.75) is 0 Å². The van der Waals surface area contributed by atoms with Crippen molar-refractivity contribution in [3.05, 3.63) is 21.2 Å². The van der Waals surface area contributed by atoms with Crippen molar-refractivity contribution < 1.29 is 4.74 Å². The normalized spacial score (nSPS) is 10.5. The molecule has 0 fully saturated rings. The van der Waals surface area contributed by atoms with Gasteiger partial charge in [-0.15, -0.1) is 0 Å². The van der Waals surface area contributed by atoms with Gasteiger partial charge in [0.05, 0.1) is 11.1 Å². The second-order valence-corrected chi connectivity index (χ2v) is 5.00. The highest BCUT2D eigenvalue weighted by Gasteiger charge is 2.10. The number of nitrogens with zero attached hydrogens (tertiary/aromatic N) is 2. The van der Waals surface area contributed by atoms with Crippen molar-refractivity contribution in [2.75, 3.05) is 38.3 Å². The van der Waals surface area contributed by atoms with Gasteiger partial charge in [-0.05, 0) is 37.9 Å². The van der Waals surface area contributed by atoms with Gasteiger partial charge in [-0.2, -0.15) is 0 Å². The second kappa shape index (κ2) is 7.21. The van der Waals surface area contributed by atoms with Gasteiger partial charge in [-0.25, -0.2) is 4.98 Å². The molecule has 0 aromatic carbocycles. The zero-order chi connectivity index (χ0) is 12.0. The third-order valence-corrected chi connectivity index (χ3v) is 3.07. The van der Waals surface area contributed by atoms with E-state index in [0.717, 1.165) is 27.9 Å². The molecule has 0 amide bonds. The zero-order valence-corrected chi connectivity index (χ0v) is 12.3. The molecule has 0 saturated carbocycles. The lowest BCUT2D eigenvalue weighted by Gasteiger charge is -2.23. The highest BCUT2D eigenvalue weighted by Crippen LogP contribution is 2.26. The van der Waals surface area contributed by atoms with Crippen molar-refractivity contribution in [1.29, 1.82) is 0 Å². The molecule has 0 atom stereocenters. The molecule has 0 spiro atoms. The van der Waals surface area contributed by atoms with Crippen LogP contribution in [0.4, 0.5) is 5.82 Å². The molecule has 4 nitrogen and oxygen atoms in total. The molecule has 2 N–H and O–H groups in total. The van der Waals surface area contributed by atoms with Crippen LogP contribution >= 0.6 is 31.9 Å². The lowest BCUT2D eigenvalue weighted by Crippen LogP contribution is -2.33. The van der Waals surface area contributed by atoms with Crippen LogP contribution in [0.3, 0.4) is 0 Å². The van der Waals surface area contributed by atoms with Gasteiger partial charge in [-0.3, -0.25) is 0 Å². The molecule has 0 aliphatic rings. The number of pyridine rings is 1. The number of nitrogens with two attached hydrogens (primary N) is 1. The molecular weight excluding hydrogens is 338 g/mol. The summed E-state index contributed by atoms with van der Waals surface area (Å²) in [5, 5.41) is 0. The Labute approximate surface area is 112 Å². The summed E-state index contributed by atoms with van der Waals surface area (Å²) in [6, 6.07) is 1.97. The number of hydrogen-bond donors (Lipinski definition) is 1. The molecule has 1 heterocycles. The van der Waals surface area contributed by atoms with E-state index in [9.17, 15) is 0 Å². The highest BCUT2D eigenvalue weighted by molar-refractivity contribution is 9.11. The van der Waals surface area contributed by atoms with E-state index in [2.05, 4.69) is 41.7 Å². The molecule has 1 aromatic rings. The molecule has 16 heavy (non-hydrogen) atoms. The average Bonchev–Trinajstić information content (AvgIpc) is 2.25. The van der Waals surface area contributed by atoms with Crippen molar-refractivity contribution in [3.63, 3.8) is 0 Å². The Morgan fingerprint density at radius 3 is 2.75 bits per heavy atom. The summed E-state index contributed by atoms with van der Waals surface area (Å²) in [5.74, 6) is 0.894. The largest absolute Gasteiger partial charge is 0.383 e. The van der Waals surface area contributed by atoms with E-state index in [4.69, 9.17) is 10.5 Å². The number of halogens is 2. The second-order valence-electron chi connectivity index (χ2n) is 3.23. The van der Waals surface area contributed by atoms with E-state index >= 15 is 0 Å². The predicted molar refractivity (Wildman–Crippen MR) is 72.8 cm³/mol. The van der Waals surface area contributed by atoms with Crippen molar-refractivity contribution in [2.24, 2.45) is 5.73 Å². The minimum absolute atomic E-state index is 0.591. The van der Waals surface area contributed by atoms with Gasteiger partial charge in [0.2, 0.25) is 0 Å². The van der Waals surface area contributed by atoms with Gasteiger partial charge in [0.15, 0.2) is 0 Å². The van der Waals surface area contributed by atoms with Crippen LogP contribution in [0.25, 0.3) is 0 Å². The van der Waals surface area contributed by atoms with Crippen molar-refractivity contribution in [3.8, 4) is 0 Å². The van der Waals surface area contributed by atoms with Gasteiger partial charge in [-0.1, -0.05) is 0 Å². The van der Waals surface area contributed by atoms with Crippen LogP contribution in [0.5, 0.6) is 0 Å². The van der Waals surface area contributed by atoms with Gasteiger partial charge >= 0.3 is 0 Å². The van der Waals surface area contributed by atoms with Gasteiger partial charge in [0.25, 0.3) is 0 Å². The fourth-order valence-electron chi connectivity index (χ4n) is 1.32. The summed E-state index contributed by atoms with van der Waals surface area (Å²) in [5.41, 5.74) is 5.58. The van der Waals surface area contributed by atoms with Crippen LogP contribution in [0, 0.1) is 0 Å². The van der Waals surface area contributed by atoms with Gasteiger partial charge in [0, 0.05) is 37.4 Å². The summed E-state index contributed by atoms with van der Waals surface area (Å²) in [6.45, 7) is 2.79. The number of ether oxygens (including phenoxy) is 1. The van der Waals surface area contributed by atoms with Crippen LogP contribution < -0.4 is 10.6 Å². The predicted octanol–water partition coefficient (Wildman–Crippen LogP) is 2.02. The maximum atomic E-state index is 5.58. The van der Waals surface area contributed by atoms with E-state index in [1.54, 1.807) is 13.3 Å². The topological polar surface area (TPSA) is 51.4 Å². The molecule has 6 heteroatoms. The highest BCUT2D eigenvalue weighted by atomic mass is 79.9. The first-order valence-corrected chi connectivity index (χ1v) is 6.52. The first-order chi connectivity index (χ1) is 7.69. The molecule has 0 radical (unpaired) electrons. The number of rotatable bonds is 6. The number of hydrogen-bond acceptors (Lipinski definition) is 4. The lowest BCUT2D eigenvalue weighted by atomic mass is 10.4. The van der Waals surface area contributed by atoms with E-state index in [1.165, 1.54) is 0 Å². The Hall–Kier alpha value is -0.170. The standard InChI is InChI=1S/C10H15Br2N3O/c1-16-5-4-15(3-2-13)10-9(12)6-8(11)7-14-10/h6-7H,2-5,13H2,1H3. The Morgan fingerprint density at radius 1 is 1.44 bits per heavy atom. The van der Waals surface area contributed by atoms with Crippen LogP contribution in [0.15, 0.2) is 21.2 Å². The Balaban J connectivity index is 2.82. The average molecular weight is 353 g/mol. The molecule has 1 rings (SSSR count). The fourth-order valence-corrected chi connectivity index (χ4v) is 2.56. The first kappa shape index (κ1) is 13.9. The Bertz CT molecular complexity index is 336. The van der Waals surface area contributed by atoms with E-state index in [1.807, 2.05) is 6.07 Å². The summed E-state index contributed by atoms with van der Waals surface area (Å²) >= 11 is 6.87. The maximum absolute atomic E-state index is 5.58. The SMILES string of the molecule is COCCN(CCN)c1ncc(Br)cc1Br. The monoisotopic (exact) mass is 351 g/mol. The third-order valence-electron chi connectivity index (χ3n) is 2.05. The molecule has 0 saturated heterocycles. The summed E-state index contributed by atoms with van der Waals surface area (Å²) in [6.07, 6.45) is 1.77. The minimum atomic E-state index is 0.591. The van der Waals surface area contributed by atoms with Gasteiger partial charge < -0.3 is 15.4 Å². The lowest BCUT2D eigenvalue weighted by molar-refractivity contribution is 0.205. The first-order valence-electron chi connectivity index (χ1n) is 4.94. The van der Waals surface area contributed by atoms with Gasteiger partial charge in [0.1, 0.15) is 5.82 Å². The summed E-state index contributed by atoms with van der Waals surface area (Å²) in [4.78, 5) is 6.47. The maximum Gasteiger partial charge on any atom is 0.143 e. The van der Waals surface area contributed by atoms with Crippen LogP contribution in [0.1, 0.15) is 0 Å². The van der Waals surface area contributed by atoms with Crippen LogP contribution in [-0.2, 0) is 4.74 Å². The number of aromatic nitrogens is 1. The molecule has 0 bridgehead atoms. The smallest absolute Gasteiger partial charge is 0.143 e. The molecule has 1 aromatic heterocycles. The summed E-state index contributed by atoms with van der Waals surface area (Å²) < 4.78 is 6.97. The van der Waals surface area contributed by atoms with E-state index < -0.39 is 0 Å². The minimum Gasteiger partial charge on any atom is -0.383 e.